The van der Waals surface area contributed by atoms with Crippen molar-refractivity contribution in [2.75, 3.05) is 0 Å². The summed E-state index contributed by atoms with van der Waals surface area (Å²) in [7, 11) is 0. The second-order valence-electron chi connectivity index (χ2n) is 9.56. The van der Waals surface area contributed by atoms with E-state index in [0.717, 1.165) is 32.7 Å². The third-order valence-corrected chi connectivity index (χ3v) is 7.58. The van der Waals surface area contributed by atoms with Crippen LogP contribution < -0.4 is 16.0 Å². The molecule has 204 valence electrons. The van der Waals surface area contributed by atoms with E-state index in [1.54, 1.807) is 6.92 Å². The lowest BCUT2D eigenvalue weighted by atomic mass is 9.92. The maximum absolute atomic E-state index is 13.6. The lowest BCUT2D eigenvalue weighted by Crippen LogP contribution is -2.46. The molecule has 1 fully saturated rings. The van der Waals surface area contributed by atoms with Gasteiger partial charge in [0, 0.05) is 35.0 Å². The van der Waals surface area contributed by atoms with Crippen molar-refractivity contribution in [1.29, 1.82) is 5.41 Å². The molecule has 1 atom stereocenters. The number of benzene rings is 3. The van der Waals surface area contributed by atoms with E-state index in [-0.39, 0.29) is 30.9 Å². The van der Waals surface area contributed by atoms with Gasteiger partial charge in [-0.1, -0.05) is 70.6 Å². The normalized spacial score (nSPS) is 16.8. The summed E-state index contributed by atoms with van der Waals surface area (Å²) < 4.78 is 28.0. The largest absolute Gasteiger partial charge is 0.342 e. The van der Waals surface area contributed by atoms with Gasteiger partial charge in [0.2, 0.25) is 0 Å². The van der Waals surface area contributed by atoms with Crippen LogP contribution in [0.25, 0.3) is 0 Å². The van der Waals surface area contributed by atoms with Crippen LogP contribution in [-0.2, 0) is 35.3 Å². The van der Waals surface area contributed by atoms with Crippen molar-refractivity contribution in [2.45, 2.75) is 42.9 Å². The van der Waals surface area contributed by atoms with Crippen molar-refractivity contribution < 1.29 is 18.4 Å². The van der Waals surface area contributed by atoms with Crippen LogP contribution in [0, 0.1) is 17.0 Å². The molecule has 0 unspecified atom stereocenters. The van der Waals surface area contributed by atoms with Gasteiger partial charge in [-0.3, -0.25) is 15.1 Å². The molecule has 3 aromatic rings. The minimum absolute atomic E-state index is 0.0313. The SMILES string of the molecule is C[C@]1(Cc2cc(F)cc(F)c2)NC(=N)N(Cc2ccc(CNC(=O)NCc3ccc(Cl)c(CI)c3)cc2)C1=O. The van der Waals surface area contributed by atoms with E-state index in [0.29, 0.717) is 23.7 Å². The number of rotatable bonds is 9. The first-order valence-electron chi connectivity index (χ1n) is 12.1. The summed E-state index contributed by atoms with van der Waals surface area (Å²) in [5, 5.41) is 17.5. The highest BCUT2D eigenvalue weighted by Crippen LogP contribution is 2.25. The van der Waals surface area contributed by atoms with Gasteiger partial charge in [0.15, 0.2) is 5.96 Å². The fourth-order valence-corrected chi connectivity index (χ4v) is 5.43. The van der Waals surface area contributed by atoms with Crippen LogP contribution in [-0.4, -0.2) is 28.3 Å². The topological polar surface area (TPSA) is 97.3 Å². The number of alkyl halides is 1. The summed E-state index contributed by atoms with van der Waals surface area (Å²) in [5.74, 6) is -1.87. The molecule has 3 amide bonds. The average Bonchev–Trinajstić information content (AvgIpc) is 3.09. The first-order valence-corrected chi connectivity index (χ1v) is 14.0. The van der Waals surface area contributed by atoms with Gasteiger partial charge in [-0.2, -0.15) is 0 Å². The third kappa shape index (κ3) is 7.24. The van der Waals surface area contributed by atoms with Crippen LogP contribution in [0.4, 0.5) is 13.6 Å². The molecule has 1 aliphatic rings. The molecule has 4 N–H and O–H groups in total. The maximum atomic E-state index is 13.6. The standard InChI is InChI=1S/C28H27ClF2IN5O2/c1-28(12-20-9-22(30)11-23(31)10-20)25(38)37(26(33)36-28)16-18-4-2-17(3-5-18)14-34-27(39)35-15-19-6-7-24(29)21(8-19)13-32/h2-11H,12-16H2,1H3,(H2,33,36)(H2,34,35,39)/t28-/m1/s1. The first-order chi connectivity index (χ1) is 18.6. The van der Waals surface area contributed by atoms with E-state index < -0.39 is 17.2 Å². The molecule has 0 aliphatic carbocycles. The number of halogens is 4. The molecule has 0 saturated carbocycles. The summed E-state index contributed by atoms with van der Waals surface area (Å²) in [6.07, 6.45) is 0.0313. The minimum Gasteiger partial charge on any atom is -0.342 e. The summed E-state index contributed by atoms with van der Waals surface area (Å²) in [6, 6.07) is 15.8. The first kappa shape index (κ1) is 28.8. The summed E-state index contributed by atoms with van der Waals surface area (Å²) >= 11 is 8.38. The second-order valence-corrected chi connectivity index (χ2v) is 10.7. The van der Waals surface area contributed by atoms with Gasteiger partial charge in [-0.05, 0) is 52.9 Å². The van der Waals surface area contributed by atoms with Crippen molar-refractivity contribution in [2.24, 2.45) is 0 Å². The lowest BCUT2D eigenvalue weighted by Gasteiger charge is -2.22. The monoisotopic (exact) mass is 665 g/mol. The lowest BCUT2D eigenvalue weighted by molar-refractivity contribution is -0.130. The Bertz CT molecular complexity index is 1380. The van der Waals surface area contributed by atoms with Crippen LogP contribution in [0.15, 0.2) is 60.7 Å². The molecule has 1 heterocycles. The number of guanidine groups is 1. The predicted octanol–water partition coefficient (Wildman–Crippen LogP) is 5.42. The van der Waals surface area contributed by atoms with E-state index in [1.807, 2.05) is 42.5 Å². The van der Waals surface area contributed by atoms with Gasteiger partial charge in [0.25, 0.3) is 5.91 Å². The van der Waals surface area contributed by atoms with E-state index in [2.05, 4.69) is 38.5 Å². The van der Waals surface area contributed by atoms with Crippen molar-refractivity contribution in [3.05, 3.63) is 105 Å². The Balaban J connectivity index is 1.29. The second kappa shape index (κ2) is 12.3. The van der Waals surface area contributed by atoms with Gasteiger partial charge in [-0.25, -0.2) is 13.6 Å². The van der Waals surface area contributed by atoms with Gasteiger partial charge >= 0.3 is 6.03 Å². The fourth-order valence-electron chi connectivity index (χ4n) is 4.39. The molecule has 7 nitrogen and oxygen atoms in total. The zero-order chi connectivity index (χ0) is 28.2. The number of carbonyl (C=O) groups is 2. The quantitative estimate of drug-likeness (QED) is 0.182. The van der Waals surface area contributed by atoms with Crippen LogP contribution in [0.1, 0.15) is 34.7 Å². The molecule has 0 aromatic heterocycles. The Kier molecular flexibility index (Phi) is 9.06. The Morgan fingerprint density at radius 3 is 2.21 bits per heavy atom. The number of nitrogens with zero attached hydrogens (tertiary/aromatic N) is 1. The summed E-state index contributed by atoms with van der Waals surface area (Å²) in [5.41, 5.74) is 2.76. The number of amides is 3. The zero-order valence-corrected chi connectivity index (χ0v) is 24.0. The van der Waals surface area contributed by atoms with E-state index in [1.165, 1.54) is 17.0 Å². The third-order valence-electron chi connectivity index (χ3n) is 6.39. The number of urea groups is 1. The highest BCUT2D eigenvalue weighted by molar-refractivity contribution is 14.1. The Labute approximate surface area is 244 Å². The van der Waals surface area contributed by atoms with Gasteiger partial charge < -0.3 is 16.0 Å². The van der Waals surface area contributed by atoms with E-state index in [9.17, 15) is 18.4 Å². The van der Waals surface area contributed by atoms with Crippen molar-refractivity contribution >= 4 is 52.1 Å². The highest BCUT2D eigenvalue weighted by Gasteiger charge is 2.45. The average molecular weight is 666 g/mol. The molecule has 0 spiro atoms. The number of hydrogen-bond acceptors (Lipinski definition) is 3. The summed E-state index contributed by atoms with van der Waals surface area (Å²) in [6.45, 7) is 2.46. The van der Waals surface area contributed by atoms with Gasteiger partial charge in [0.05, 0.1) is 6.54 Å². The molecule has 4 rings (SSSR count). The molecule has 0 bridgehead atoms. The van der Waals surface area contributed by atoms with Crippen LogP contribution >= 0.6 is 34.2 Å². The molecule has 39 heavy (non-hydrogen) atoms. The smallest absolute Gasteiger partial charge is 0.315 e. The van der Waals surface area contributed by atoms with E-state index in [4.69, 9.17) is 17.0 Å². The molecule has 1 aliphatic heterocycles. The van der Waals surface area contributed by atoms with Crippen molar-refractivity contribution in [1.82, 2.24) is 20.9 Å². The molecule has 11 heteroatoms. The fraction of sp³-hybridized carbons (Fsp3) is 0.250. The minimum atomic E-state index is -1.20. The number of hydrogen-bond donors (Lipinski definition) is 4. The zero-order valence-electron chi connectivity index (χ0n) is 21.1. The molecule has 1 saturated heterocycles. The van der Waals surface area contributed by atoms with Gasteiger partial charge in [-0.15, -0.1) is 0 Å². The molecule has 3 aromatic carbocycles. The van der Waals surface area contributed by atoms with Crippen molar-refractivity contribution in [3.63, 3.8) is 0 Å². The highest BCUT2D eigenvalue weighted by atomic mass is 127. The predicted molar refractivity (Wildman–Crippen MR) is 155 cm³/mol. The van der Waals surface area contributed by atoms with E-state index >= 15 is 0 Å². The number of carbonyl (C=O) groups excluding carboxylic acids is 2. The van der Waals surface area contributed by atoms with Gasteiger partial charge in [0.1, 0.15) is 17.2 Å². The Hall–Kier alpha value is -3.25. The maximum Gasteiger partial charge on any atom is 0.315 e. The number of nitrogens with one attached hydrogen (secondary N) is 4. The van der Waals surface area contributed by atoms with Crippen LogP contribution in [0.5, 0.6) is 0 Å². The Morgan fingerprint density at radius 2 is 1.56 bits per heavy atom. The molecular formula is C28H27ClF2IN5O2. The molecule has 0 radical (unpaired) electrons. The van der Waals surface area contributed by atoms with Crippen LogP contribution in [0.2, 0.25) is 5.02 Å². The van der Waals surface area contributed by atoms with Crippen molar-refractivity contribution in [3.8, 4) is 0 Å². The Morgan fingerprint density at radius 1 is 0.974 bits per heavy atom. The summed E-state index contributed by atoms with van der Waals surface area (Å²) in [4.78, 5) is 26.7. The molecular weight excluding hydrogens is 639 g/mol. The van der Waals surface area contributed by atoms with Crippen LogP contribution in [0.3, 0.4) is 0 Å².